The molecular formula is C13H13F3O3. The molecule has 0 amide bonds. The van der Waals surface area contributed by atoms with Crippen LogP contribution in [0.2, 0.25) is 0 Å². The van der Waals surface area contributed by atoms with E-state index in [9.17, 15) is 23.1 Å². The molecule has 0 saturated heterocycles. The van der Waals surface area contributed by atoms with Crippen LogP contribution < -0.4 is 0 Å². The molecule has 1 fully saturated rings. The minimum atomic E-state index is -4.64. The van der Waals surface area contributed by atoms with Gasteiger partial charge in [-0.05, 0) is 42.4 Å². The van der Waals surface area contributed by atoms with E-state index in [0.29, 0.717) is 5.56 Å². The first-order valence-corrected chi connectivity index (χ1v) is 5.91. The summed E-state index contributed by atoms with van der Waals surface area (Å²) in [5.74, 6) is -2.15. The predicted octanol–water partition coefficient (Wildman–Crippen LogP) is 3.38. The molecule has 1 aliphatic rings. The van der Waals surface area contributed by atoms with Gasteiger partial charge in [0.2, 0.25) is 0 Å². The molecule has 3 nitrogen and oxygen atoms in total. The van der Waals surface area contributed by atoms with E-state index in [2.05, 4.69) is 0 Å². The van der Waals surface area contributed by atoms with Gasteiger partial charge >= 0.3 is 12.1 Å². The first-order chi connectivity index (χ1) is 8.79. The summed E-state index contributed by atoms with van der Waals surface area (Å²) < 4.78 is 38.1. The van der Waals surface area contributed by atoms with Crippen LogP contribution in [0.1, 0.15) is 36.3 Å². The quantitative estimate of drug-likeness (QED) is 0.884. The van der Waals surface area contributed by atoms with Crippen molar-refractivity contribution in [1.29, 1.82) is 0 Å². The Hall–Kier alpha value is -1.72. The standard InChI is InChI=1S/C13H13F3O3/c14-13(15,16)10-5-8(3-4-11(10)17)9(6-12(18)19)7-1-2-7/h3-5,7,9,17H,1-2,6H2,(H,18,19). The Morgan fingerprint density at radius 2 is 2.00 bits per heavy atom. The highest BCUT2D eigenvalue weighted by Crippen LogP contribution is 2.46. The zero-order valence-electron chi connectivity index (χ0n) is 9.94. The molecule has 0 spiro atoms. The summed E-state index contributed by atoms with van der Waals surface area (Å²) in [4.78, 5) is 10.8. The van der Waals surface area contributed by atoms with Crippen molar-refractivity contribution in [2.75, 3.05) is 0 Å². The molecule has 6 heteroatoms. The third-order valence-electron chi connectivity index (χ3n) is 3.34. The van der Waals surface area contributed by atoms with Crippen molar-refractivity contribution in [3.8, 4) is 5.75 Å². The van der Waals surface area contributed by atoms with E-state index in [1.807, 2.05) is 0 Å². The number of halogens is 3. The average molecular weight is 274 g/mol. The SMILES string of the molecule is O=C(O)CC(c1ccc(O)c(C(F)(F)F)c1)C1CC1. The van der Waals surface area contributed by atoms with Crippen molar-refractivity contribution in [2.24, 2.45) is 5.92 Å². The lowest BCUT2D eigenvalue weighted by Crippen LogP contribution is -2.11. The van der Waals surface area contributed by atoms with E-state index < -0.39 is 29.4 Å². The van der Waals surface area contributed by atoms with Crippen LogP contribution in [0, 0.1) is 5.92 Å². The molecule has 1 atom stereocenters. The van der Waals surface area contributed by atoms with E-state index in [1.165, 1.54) is 6.07 Å². The van der Waals surface area contributed by atoms with Gasteiger partial charge in [-0.2, -0.15) is 13.2 Å². The lowest BCUT2D eigenvalue weighted by Gasteiger charge is -2.17. The van der Waals surface area contributed by atoms with Crippen LogP contribution in [0.5, 0.6) is 5.75 Å². The Labute approximate surface area is 107 Å². The van der Waals surface area contributed by atoms with Crippen LogP contribution in [0.25, 0.3) is 0 Å². The summed E-state index contributed by atoms with van der Waals surface area (Å²) in [6.45, 7) is 0. The summed E-state index contributed by atoms with van der Waals surface area (Å²) in [6.07, 6.45) is -3.16. The zero-order chi connectivity index (χ0) is 14.2. The molecule has 0 aromatic heterocycles. The minimum absolute atomic E-state index is 0.127. The summed E-state index contributed by atoms with van der Waals surface area (Å²) in [5.41, 5.74) is -0.781. The second-order valence-electron chi connectivity index (χ2n) is 4.82. The van der Waals surface area contributed by atoms with Crippen molar-refractivity contribution in [3.63, 3.8) is 0 Å². The third kappa shape index (κ3) is 3.19. The predicted molar refractivity (Wildman–Crippen MR) is 60.8 cm³/mol. The minimum Gasteiger partial charge on any atom is -0.507 e. The van der Waals surface area contributed by atoms with Crippen LogP contribution >= 0.6 is 0 Å². The van der Waals surface area contributed by atoms with Gasteiger partial charge in [0.15, 0.2) is 0 Å². The number of hydrogen-bond donors (Lipinski definition) is 2. The number of rotatable bonds is 4. The number of carboxylic acids is 1. The van der Waals surface area contributed by atoms with Crippen LogP contribution in [0.3, 0.4) is 0 Å². The Bertz CT molecular complexity index is 492. The third-order valence-corrected chi connectivity index (χ3v) is 3.34. The van der Waals surface area contributed by atoms with Crippen molar-refractivity contribution in [3.05, 3.63) is 29.3 Å². The largest absolute Gasteiger partial charge is 0.507 e. The molecule has 0 heterocycles. The van der Waals surface area contributed by atoms with Gasteiger partial charge in [0, 0.05) is 0 Å². The summed E-state index contributed by atoms with van der Waals surface area (Å²) in [5, 5.41) is 18.1. The molecule has 1 aromatic rings. The summed E-state index contributed by atoms with van der Waals surface area (Å²) >= 11 is 0. The summed E-state index contributed by atoms with van der Waals surface area (Å²) in [7, 11) is 0. The molecule has 2 N–H and O–H groups in total. The van der Waals surface area contributed by atoms with Gasteiger partial charge in [-0.1, -0.05) is 6.07 Å². The first-order valence-electron chi connectivity index (χ1n) is 5.91. The molecule has 1 aliphatic carbocycles. The normalized spacial score (nSPS) is 17.2. The second kappa shape index (κ2) is 4.75. The lowest BCUT2D eigenvalue weighted by molar-refractivity contribution is -0.139. The number of phenolic OH excluding ortho intramolecular Hbond substituents is 1. The number of carbonyl (C=O) groups is 1. The van der Waals surface area contributed by atoms with Gasteiger partial charge in [0.1, 0.15) is 5.75 Å². The molecule has 1 saturated carbocycles. The Kier molecular flexibility index (Phi) is 3.43. The molecule has 0 aliphatic heterocycles. The molecule has 104 valence electrons. The highest BCUT2D eigenvalue weighted by Gasteiger charge is 2.37. The van der Waals surface area contributed by atoms with Gasteiger partial charge in [-0.15, -0.1) is 0 Å². The monoisotopic (exact) mass is 274 g/mol. The maximum absolute atomic E-state index is 12.7. The van der Waals surface area contributed by atoms with Gasteiger partial charge in [0.05, 0.1) is 12.0 Å². The lowest BCUT2D eigenvalue weighted by atomic mass is 9.89. The molecule has 1 unspecified atom stereocenters. The maximum atomic E-state index is 12.7. The number of carboxylic acid groups (broad SMARTS) is 1. The molecule has 2 rings (SSSR count). The van der Waals surface area contributed by atoms with Crippen molar-refractivity contribution >= 4 is 5.97 Å². The zero-order valence-corrected chi connectivity index (χ0v) is 9.94. The topological polar surface area (TPSA) is 57.5 Å². The number of phenols is 1. The number of hydrogen-bond acceptors (Lipinski definition) is 2. The number of aliphatic carboxylic acids is 1. The number of alkyl halides is 3. The van der Waals surface area contributed by atoms with E-state index >= 15 is 0 Å². The molecule has 19 heavy (non-hydrogen) atoms. The second-order valence-corrected chi connectivity index (χ2v) is 4.82. The smallest absolute Gasteiger partial charge is 0.419 e. The molecular weight excluding hydrogens is 261 g/mol. The van der Waals surface area contributed by atoms with Gasteiger partial charge in [-0.25, -0.2) is 0 Å². The van der Waals surface area contributed by atoms with E-state index in [4.69, 9.17) is 5.11 Å². The highest BCUT2D eigenvalue weighted by molar-refractivity contribution is 5.68. The fraction of sp³-hybridized carbons (Fsp3) is 0.462. The van der Waals surface area contributed by atoms with Gasteiger partial charge < -0.3 is 10.2 Å². The molecule has 0 radical (unpaired) electrons. The van der Waals surface area contributed by atoms with Crippen molar-refractivity contribution < 1.29 is 28.2 Å². The fourth-order valence-corrected chi connectivity index (χ4v) is 2.25. The Balaban J connectivity index is 2.35. The van der Waals surface area contributed by atoms with Gasteiger partial charge in [0.25, 0.3) is 0 Å². The van der Waals surface area contributed by atoms with E-state index in [0.717, 1.165) is 25.0 Å². The fourth-order valence-electron chi connectivity index (χ4n) is 2.25. The summed E-state index contributed by atoms with van der Waals surface area (Å²) in [6, 6.07) is 3.22. The molecule has 1 aromatic carbocycles. The van der Waals surface area contributed by atoms with Crippen LogP contribution in [-0.4, -0.2) is 16.2 Å². The van der Waals surface area contributed by atoms with E-state index in [1.54, 1.807) is 0 Å². The van der Waals surface area contributed by atoms with Crippen molar-refractivity contribution in [1.82, 2.24) is 0 Å². The van der Waals surface area contributed by atoms with Crippen LogP contribution in [0.15, 0.2) is 18.2 Å². The maximum Gasteiger partial charge on any atom is 0.419 e. The Morgan fingerprint density at radius 1 is 1.37 bits per heavy atom. The molecule has 0 bridgehead atoms. The number of aromatic hydroxyl groups is 1. The Morgan fingerprint density at radius 3 is 2.47 bits per heavy atom. The van der Waals surface area contributed by atoms with Crippen LogP contribution in [-0.2, 0) is 11.0 Å². The van der Waals surface area contributed by atoms with Gasteiger partial charge in [-0.3, -0.25) is 4.79 Å². The van der Waals surface area contributed by atoms with Crippen LogP contribution in [0.4, 0.5) is 13.2 Å². The first kappa shape index (κ1) is 13.7. The highest BCUT2D eigenvalue weighted by atomic mass is 19.4. The average Bonchev–Trinajstić information content (AvgIpc) is 3.08. The number of benzene rings is 1. The van der Waals surface area contributed by atoms with E-state index in [-0.39, 0.29) is 12.3 Å². The van der Waals surface area contributed by atoms with Crippen molar-refractivity contribution in [2.45, 2.75) is 31.4 Å².